The van der Waals surface area contributed by atoms with Gasteiger partial charge in [-0.05, 0) is 48.9 Å². The molecule has 0 unspecified atom stereocenters. The summed E-state index contributed by atoms with van der Waals surface area (Å²) in [6.07, 6.45) is 3.48. The molecule has 0 aliphatic rings. The third-order valence-corrected chi connectivity index (χ3v) is 5.06. The quantitative estimate of drug-likeness (QED) is 0.296. The zero-order chi connectivity index (χ0) is 25.5. The Morgan fingerprint density at radius 1 is 0.939 bits per heavy atom. The molecule has 0 aromatic heterocycles. The van der Waals surface area contributed by atoms with E-state index >= 15 is 0 Å². The van der Waals surface area contributed by atoms with Gasteiger partial charge in [-0.2, -0.15) is 0 Å². The van der Waals surface area contributed by atoms with Crippen molar-refractivity contribution in [2.75, 3.05) is 37.4 Å². The highest BCUT2D eigenvalue weighted by Gasteiger charge is 2.08. The van der Waals surface area contributed by atoms with Gasteiger partial charge < -0.3 is 30.3 Å². The van der Waals surface area contributed by atoms with E-state index in [9.17, 15) is 0 Å². The van der Waals surface area contributed by atoms with Crippen LogP contribution >= 0.6 is 23.2 Å². The van der Waals surface area contributed by atoms with E-state index in [1.807, 2.05) is 76.9 Å². The fraction of sp³-hybridized carbons (Fsp3) is 0.440. The molecule has 0 spiro atoms. The van der Waals surface area contributed by atoms with Crippen LogP contribution in [-0.2, 0) is 9.59 Å². The average molecular weight is 501 g/mol. The molecule has 0 fully saturated rings. The van der Waals surface area contributed by atoms with Gasteiger partial charge in [0.05, 0.1) is 10.0 Å². The molecule has 0 aliphatic carbocycles. The van der Waals surface area contributed by atoms with Crippen LogP contribution in [0.25, 0.3) is 0 Å². The van der Waals surface area contributed by atoms with Crippen LogP contribution in [0.1, 0.15) is 40.0 Å². The highest BCUT2D eigenvalue weighted by atomic mass is 35.5. The van der Waals surface area contributed by atoms with E-state index in [-0.39, 0.29) is 0 Å². The van der Waals surface area contributed by atoms with E-state index in [4.69, 9.17) is 37.5 Å². The predicted octanol–water partition coefficient (Wildman–Crippen LogP) is 6.33. The molecule has 2 aromatic rings. The van der Waals surface area contributed by atoms with E-state index in [2.05, 4.69) is 22.9 Å². The Bertz CT molecular complexity index is 717. The summed E-state index contributed by atoms with van der Waals surface area (Å²) in [5, 5.41) is 11.3. The lowest BCUT2D eigenvalue weighted by Crippen LogP contribution is -2.37. The van der Waals surface area contributed by atoms with Crippen molar-refractivity contribution in [3.63, 3.8) is 0 Å². The van der Waals surface area contributed by atoms with E-state index in [0.717, 1.165) is 36.6 Å². The molecule has 0 radical (unpaired) electrons. The van der Waals surface area contributed by atoms with Crippen molar-refractivity contribution in [2.24, 2.45) is 0 Å². The molecule has 0 aliphatic heterocycles. The maximum Gasteiger partial charge on any atom is 0.119 e. The van der Waals surface area contributed by atoms with Gasteiger partial charge in [0.15, 0.2) is 0 Å². The summed E-state index contributed by atoms with van der Waals surface area (Å²) in [5.74, 6) is 0.884. The fourth-order valence-electron chi connectivity index (χ4n) is 2.72. The first kappa shape index (κ1) is 32.9. The molecule has 3 N–H and O–H groups in total. The van der Waals surface area contributed by atoms with Gasteiger partial charge in [0.2, 0.25) is 0 Å². The number of ether oxygens (including phenoxy) is 1. The van der Waals surface area contributed by atoms with Crippen LogP contribution in [0, 0.1) is 0 Å². The standard InChI is InChI=1S/C21H29Cl2N3O.C2H6.2CH2O/c1-3-4-5-18(15-26-17-8-11-20(22)21(23)14-17)25-12-13-27-19-9-6-16(24-2)7-10-19;3*1-2/h6-11,14,18,24-26H,3-5,12-13,15H2,1-2H3;1-2H3;2*1H2/t18-;;;/m1.../s1. The first-order valence-corrected chi connectivity index (χ1v) is 11.8. The SMILES string of the molecule is C=O.C=O.CC.CCCC[C@H](CNc1ccc(Cl)c(Cl)c1)NCCOc1ccc(NC)cc1. The highest BCUT2D eigenvalue weighted by molar-refractivity contribution is 6.42. The van der Waals surface area contributed by atoms with Gasteiger partial charge in [0, 0.05) is 37.6 Å². The van der Waals surface area contributed by atoms with Crippen molar-refractivity contribution < 1.29 is 14.3 Å². The number of benzene rings is 2. The van der Waals surface area contributed by atoms with E-state index in [1.54, 1.807) is 0 Å². The summed E-state index contributed by atoms with van der Waals surface area (Å²) < 4.78 is 5.81. The van der Waals surface area contributed by atoms with Crippen molar-refractivity contribution in [3.8, 4) is 5.75 Å². The molecule has 0 amide bonds. The minimum atomic E-state index is 0.370. The summed E-state index contributed by atoms with van der Waals surface area (Å²) in [6.45, 7) is 12.5. The lowest BCUT2D eigenvalue weighted by molar-refractivity contribution is -0.0987. The molecular weight excluding hydrogens is 461 g/mol. The maximum atomic E-state index is 8.00. The van der Waals surface area contributed by atoms with Crippen molar-refractivity contribution >= 4 is 48.2 Å². The molecular formula is C25H39Cl2N3O3. The van der Waals surface area contributed by atoms with Crippen LogP contribution in [0.2, 0.25) is 10.0 Å². The van der Waals surface area contributed by atoms with Gasteiger partial charge in [0.25, 0.3) is 0 Å². The van der Waals surface area contributed by atoms with Gasteiger partial charge in [-0.3, -0.25) is 0 Å². The van der Waals surface area contributed by atoms with Crippen LogP contribution in [0.5, 0.6) is 5.75 Å². The Hall–Kier alpha value is -2.28. The van der Waals surface area contributed by atoms with E-state index in [1.165, 1.54) is 12.8 Å². The number of hydrogen-bond acceptors (Lipinski definition) is 6. The molecule has 6 nitrogen and oxygen atoms in total. The normalized spacial score (nSPS) is 10.1. The Labute approximate surface area is 209 Å². The summed E-state index contributed by atoms with van der Waals surface area (Å²) in [5.41, 5.74) is 2.06. The Morgan fingerprint density at radius 3 is 2.09 bits per heavy atom. The lowest BCUT2D eigenvalue weighted by Gasteiger charge is -2.20. The van der Waals surface area contributed by atoms with Gasteiger partial charge in [-0.25, -0.2) is 0 Å². The second kappa shape index (κ2) is 22.9. The molecule has 186 valence electrons. The third kappa shape index (κ3) is 15.2. The van der Waals surface area contributed by atoms with Crippen LogP contribution in [0.4, 0.5) is 11.4 Å². The number of unbranched alkanes of at least 4 members (excludes halogenated alkanes) is 1. The molecule has 0 heterocycles. The molecule has 0 saturated carbocycles. The molecule has 8 heteroatoms. The zero-order valence-electron chi connectivity index (χ0n) is 20.3. The second-order valence-electron chi connectivity index (χ2n) is 6.43. The van der Waals surface area contributed by atoms with Crippen molar-refractivity contribution in [2.45, 2.75) is 46.1 Å². The number of carbonyl (C=O) groups is 2. The number of halogens is 2. The number of carbonyl (C=O) groups excluding carboxylic acids is 2. The van der Waals surface area contributed by atoms with Crippen molar-refractivity contribution in [3.05, 3.63) is 52.5 Å². The Balaban J connectivity index is 0. The fourth-order valence-corrected chi connectivity index (χ4v) is 3.02. The van der Waals surface area contributed by atoms with Crippen LogP contribution in [-0.4, -0.2) is 46.4 Å². The lowest BCUT2D eigenvalue weighted by atomic mass is 10.1. The number of hydrogen-bond donors (Lipinski definition) is 3. The van der Waals surface area contributed by atoms with Gasteiger partial charge in [-0.15, -0.1) is 0 Å². The monoisotopic (exact) mass is 499 g/mol. The number of anilines is 2. The molecule has 1 atom stereocenters. The molecule has 0 saturated heterocycles. The first-order chi connectivity index (χ1) is 16.1. The molecule has 33 heavy (non-hydrogen) atoms. The highest BCUT2D eigenvalue weighted by Crippen LogP contribution is 2.25. The topological polar surface area (TPSA) is 79.5 Å². The smallest absolute Gasteiger partial charge is 0.119 e. The Kier molecular flexibility index (Phi) is 22.8. The van der Waals surface area contributed by atoms with Gasteiger partial charge in [-0.1, -0.05) is 56.8 Å². The van der Waals surface area contributed by atoms with Crippen LogP contribution in [0.3, 0.4) is 0 Å². The average Bonchev–Trinajstić information content (AvgIpc) is 2.89. The van der Waals surface area contributed by atoms with Crippen LogP contribution < -0.4 is 20.7 Å². The first-order valence-electron chi connectivity index (χ1n) is 11.0. The summed E-state index contributed by atoms with van der Waals surface area (Å²) >= 11 is 12.1. The summed E-state index contributed by atoms with van der Waals surface area (Å²) in [4.78, 5) is 16.0. The number of nitrogens with one attached hydrogen (secondary N) is 3. The van der Waals surface area contributed by atoms with Gasteiger partial charge in [0.1, 0.15) is 25.9 Å². The third-order valence-electron chi connectivity index (χ3n) is 4.33. The predicted molar refractivity (Wildman–Crippen MR) is 143 cm³/mol. The minimum absolute atomic E-state index is 0.370. The van der Waals surface area contributed by atoms with Gasteiger partial charge >= 0.3 is 0 Å². The van der Waals surface area contributed by atoms with Crippen molar-refractivity contribution in [1.82, 2.24) is 5.32 Å². The largest absolute Gasteiger partial charge is 0.492 e. The van der Waals surface area contributed by atoms with Crippen molar-refractivity contribution in [1.29, 1.82) is 0 Å². The molecule has 2 rings (SSSR count). The van der Waals surface area contributed by atoms with E-state index in [0.29, 0.717) is 22.7 Å². The second-order valence-corrected chi connectivity index (χ2v) is 7.24. The minimum Gasteiger partial charge on any atom is -0.492 e. The summed E-state index contributed by atoms with van der Waals surface area (Å²) in [7, 11) is 1.91. The summed E-state index contributed by atoms with van der Waals surface area (Å²) in [6, 6.07) is 14.0. The van der Waals surface area contributed by atoms with E-state index < -0.39 is 0 Å². The maximum absolute atomic E-state index is 8.00. The zero-order valence-corrected chi connectivity index (χ0v) is 21.8. The van der Waals surface area contributed by atoms with Crippen LogP contribution in [0.15, 0.2) is 42.5 Å². The Morgan fingerprint density at radius 2 is 1.55 bits per heavy atom. The molecule has 0 bridgehead atoms. The number of rotatable bonds is 12. The molecule has 2 aromatic carbocycles.